The summed E-state index contributed by atoms with van der Waals surface area (Å²) in [4.78, 5) is 13.9. The zero-order valence-electron chi connectivity index (χ0n) is 11.3. The van der Waals surface area contributed by atoms with E-state index in [1.54, 1.807) is 0 Å². The molecule has 2 fully saturated rings. The number of aliphatic hydroxyl groups excluding tert-OH is 1. The Bertz CT molecular complexity index is 456. The first-order chi connectivity index (χ1) is 9.41. The number of hydrogen-bond acceptors (Lipinski definition) is 5. The summed E-state index contributed by atoms with van der Waals surface area (Å²) in [7, 11) is -3.14. The number of nitrogens with zero attached hydrogens (tertiary/aromatic N) is 1. The van der Waals surface area contributed by atoms with Crippen LogP contribution in [-0.2, 0) is 14.6 Å². The molecular weight excluding hydrogens is 304 g/mol. The molecule has 2 N–H and O–H groups in total. The molecule has 8 heteroatoms. The van der Waals surface area contributed by atoms with Crippen LogP contribution < -0.4 is 5.32 Å². The smallest absolute Gasteiger partial charge is 0.234 e. The van der Waals surface area contributed by atoms with Crippen LogP contribution in [0.4, 0.5) is 0 Å². The highest BCUT2D eigenvalue weighted by Gasteiger charge is 2.37. The molecule has 2 saturated heterocycles. The largest absolute Gasteiger partial charge is 0.395 e. The van der Waals surface area contributed by atoms with Crippen LogP contribution in [0.1, 0.15) is 19.3 Å². The molecule has 0 saturated carbocycles. The maximum Gasteiger partial charge on any atom is 0.234 e. The van der Waals surface area contributed by atoms with Crippen LogP contribution in [0.15, 0.2) is 0 Å². The average molecular weight is 325 g/mol. The van der Waals surface area contributed by atoms with Gasteiger partial charge in [-0.25, -0.2) is 8.42 Å². The van der Waals surface area contributed by atoms with Gasteiger partial charge in [-0.15, -0.1) is 11.6 Å². The van der Waals surface area contributed by atoms with E-state index in [4.69, 9.17) is 11.6 Å². The molecule has 2 rings (SSSR count). The lowest BCUT2D eigenvalue weighted by Crippen LogP contribution is -2.50. The van der Waals surface area contributed by atoms with Crippen LogP contribution in [0.5, 0.6) is 0 Å². The van der Waals surface area contributed by atoms with E-state index in [2.05, 4.69) is 5.32 Å². The standard InChI is InChI=1S/C12H21ClN2O4S/c13-10-7-20(18,19)8-11(10)14-12(17)5-15-4-2-1-3-9(15)6-16/h9-11,16H,1-8H2,(H,14,17). The molecular formula is C12H21ClN2O4S. The number of piperidine rings is 1. The first-order valence-electron chi connectivity index (χ1n) is 6.90. The Morgan fingerprint density at radius 2 is 2.10 bits per heavy atom. The fourth-order valence-electron chi connectivity index (χ4n) is 2.85. The van der Waals surface area contributed by atoms with Crippen molar-refractivity contribution in [1.82, 2.24) is 10.2 Å². The quantitative estimate of drug-likeness (QED) is 0.671. The number of sulfone groups is 1. The van der Waals surface area contributed by atoms with E-state index in [1.807, 2.05) is 4.90 Å². The summed E-state index contributed by atoms with van der Waals surface area (Å²) in [5.41, 5.74) is 0. The van der Waals surface area contributed by atoms with Crippen LogP contribution >= 0.6 is 11.6 Å². The number of likely N-dealkylation sites (tertiary alicyclic amines) is 1. The lowest BCUT2D eigenvalue weighted by atomic mass is 10.0. The Morgan fingerprint density at radius 1 is 1.35 bits per heavy atom. The van der Waals surface area contributed by atoms with Gasteiger partial charge in [-0.1, -0.05) is 6.42 Å². The Hall–Kier alpha value is -0.370. The number of hydrogen-bond donors (Lipinski definition) is 2. The van der Waals surface area contributed by atoms with Gasteiger partial charge in [-0.05, 0) is 19.4 Å². The van der Waals surface area contributed by atoms with Crippen molar-refractivity contribution in [1.29, 1.82) is 0 Å². The number of amides is 1. The number of aliphatic hydroxyl groups is 1. The maximum atomic E-state index is 12.0. The van der Waals surface area contributed by atoms with Crippen LogP contribution in [0.2, 0.25) is 0 Å². The minimum absolute atomic E-state index is 0.0219. The van der Waals surface area contributed by atoms with E-state index in [0.717, 1.165) is 25.8 Å². The summed E-state index contributed by atoms with van der Waals surface area (Å²) in [6.07, 6.45) is 2.97. The van der Waals surface area contributed by atoms with Gasteiger partial charge in [0.1, 0.15) is 0 Å². The second-order valence-corrected chi connectivity index (χ2v) is 8.28. The molecule has 1 amide bonds. The van der Waals surface area contributed by atoms with Crippen molar-refractivity contribution < 1.29 is 18.3 Å². The Morgan fingerprint density at radius 3 is 2.70 bits per heavy atom. The van der Waals surface area contributed by atoms with E-state index in [9.17, 15) is 18.3 Å². The molecule has 6 nitrogen and oxygen atoms in total. The zero-order chi connectivity index (χ0) is 14.8. The van der Waals surface area contributed by atoms with Crippen molar-refractivity contribution in [3.63, 3.8) is 0 Å². The third-order valence-corrected chi connectivity index (χ3v) is 6.31. The molecule has 0 aromatic rings. The van der Waals surface area contributed by atoms with E-state index >= 15 is 0 Å². The van der Waals surface area contributed by atoms with Gasteiger partial charge < -0.3 is 10.4 Å². The highest BCUT2D eigenvalue weighted by molar-refractivity contribution is 7.91. The van der Waals surface area contributed by atoms with Gasteiger partial charge in [-0.3, -0.25) is 9.69 Å². The van der Waals surface area contributed by atoms with Crippen molar-refractivity contribution in [3.05, 3.63) is 0 Å². The molecule has 0 aromatic carbocycles. The Kier molecular flexibility index (Phi) is 5.28. The highest BCUT2D eigenvalue weighted by Crippen LogP contribution is 2.19. The lowest BCUT2D eigenvalue weighted by Gasteiger charge is -2.34. The molecule has 2 heterocycles. The molecule has 116 valence electrons. The monoisotopic (exact) mass is 324 g/mol. The van der Waals surface area contributed by atoms with Crippen molar-refractivity contribution in [2.24, 2.45) is 0 Å². The second-order valence-electron chi connectivity index (χ2n) is 5.57. The number of carbonyl (C=O) groups is 1. The molecule has 3 atom stereocenters. The normalized spacial score (nSPS) is 34.0. The van der Waals surface area contributed by atoms with Gasteiger partial charge in [0, 0.05) is 6.04 Å². The predicted octanol–water partition coefficient (Wildman–Crippen LogP) is -0.646. The fraction of sp³-hybridized carbons (Fsp3) is 0.917. The van der Waals surface area contributed by atoms with Gasteiger partial charge in [0.05, 0.1) is 36.1 Å². The summed E-state index contributed by atoms with van der Waals surface area (Å²) in [5, 5.41) is 11.4. The summed E-state index contributed by atoms with van der Waals surface area (Å²) < 4.78 is 22.9. The van der Waals surface area contributed by atoms with Gasteiger partial charge in [0.15, 0.2) is 9.84 Å². The van der Waals surface area contributed by atoms with Gasteiger partial charge >= 0.3 is 0 Å². The number of rotatable bonds is 4. The molecule has 2 aliphatic rings. The Balaban J connectivity index is 1.86. The fourth-order valence-corrected chi connectivity index (χ4v) is 5.40. The summed E-state index contributed by atoms with van der Waals surface area (Å²) in [6, 6.07) is -0.486. The average Bonchev–Trinajstić information content (AvgIpc) is 2.62. The van der Waals surface area contributed by atoms with E-state index < -0.39 is 21.3 Å². The molecule has 20 heavy (non-hydrogen) atoms. The molecule has 0 spiro atoms. The maximum absolute atomic E-state index is 12.0. The summed E-state index contributed by atoms with van der Waals surface area (Å²) in [5.74, 6) is -0.392. The van der Waals surface area contributed by atoms with E-state index in [1.165, 1.54) is 0 Å². The SMILES string of the molecule is O=C(CN1CCCCC1CO)NC1CS(=O)(=O)CC1Cl. The second kappa shape index (κ2) is 6.60. The van der Waals surface area contributed by atoms with Gasteiger partial charge in [0.25, 0.3) is 0 Å². The predicted molar refractivity (Wildman–Crippen MR) is 76.5 cm³/mol. The minimum atomic E-state index is -3.14. The third-order valence-electron chi connectivity index (χ3n) is 3.94. The molecule has 0 radical (unpaired) electrons. The zero-order valence-corrected chi connectivity index (χ0v) is 12.9. The van der Waals surface area contributed by atoms with Crippen molar-refractivity contribution in [3.8, 4) is 0 Å². The summed E-state index contributed by atoms with van der Waals surface area (Å²) >= 11 is 5.96. The number of nitrogens with one attached hydrogen (secondary N) is 1. The van der Waals surface area contributed by atoms with Crippen LogP contribution in [-0.4, -0.2) is 73.0 Å². The van der Waals surface area contributed by atoms with E-state index in [0.29, 0.717) is 0 Å². The highest BCUT2D eigenvalue weighted by atomic mass is 35.5. The number of halogens is 1. The third kappa shape index (κ3) is 4.07. The molecule has 0 aliphatic carbocycles. The summed E-state index contributed by atoms with van der Waals surface area (Å²) in [6.45, 7) is 1.01. The molecule has 2 aliphatic heterocycles. The van der Waals surface area contributed by atoms with Gasteiger partial charge in [-0.2, -0.15) is 0 Å². The van der Waals surface area contributed by atoms with Crippen LogP contribution in [0.25, 0.3) is 0 Å². The molecule has 3 unspecified atom stereocenters. The van der Waals surface area contributed by atoms with Crippen molar-refractivity contribution in [2.45, 2.75) is 36.7 Å². The first-order valence-corrected chi connectivity index (χ1v) is 9.16. The van der Waals surface area contributed by atoms with Crippen LogP contribution in [0, 0.1) is 0 Å². The molecule has 0 bridgehead atoms. The topological polar surface area (TPSA) is 86.7 Å². The Labute approximate surface area is 124 Å². The number of alkyl halides is 1. The van der Waals surface area contributed by atoms with Crippen LogP contribution in [0.3, 0.4) is 0 Å². The van der Waals surface area contributed by atoms with Crippen molar-refractivity contribution in [2.75, 3.05) is 31.2 Å². The lowest BCUT2D eigenvalue weighted by molar-refractivity contribution is -0.123. The van der Waals surface area contributed by atoms with E-state index in [-0.39, 0.29) is 36.6 Å². The first kappa shape index (κ1) is 16.0. The van der Waals surface area contributed by atoms with Gasteiger partial charge in [0.2, 0.25) is 5.91 Å². The minimum Gasteiger partial charge on any atom is -0.395 e. The molecule has 0 aromatic heterocycles. The van der Waals surface area contributed by atoms with Crippen molar-refractivity contribution >= 4 is 27.3 Å². The number of carbonyl (C=O) groups excluding carboxylic acids is 1.